The fourth-order valence-corrected chi connectivity index (χ4v) is 2.23. The van der Waals surface area contributed by atoms with E-state index in [4.69, 9.17) is 15.2 Å². The Hall–Kier alpha value is -1.82. The zero-order valence-corrected chi connectivity index (χ0v) is 11.3. The Labute approximate surface area is 116 Å². The van der Waals surface area contributed by atoms with Crippen molar-refractivity contribution in [2.24, 2.45) is 0 Å². The van der Waals surface area contributed by atoms with Crippen LogP contribution in [0.1, 0.15) is 10.4 Å². The van der Waals surface area contributed by atoms with Crippen LogP contribution in [0.2, 0.25) is 0 Å². The third-order valence-corrected chi connectivity index (χ3v) is 3.52. The van der Waals surface area contributed by atoms with E-state index in [0.29, 0.717) is 29.3 Å². The molecule has 0 saturated carbocycles. The number of ether oxygens (including phenoxy) is 2. The van der Waals surface area contributed by atoms with Crippen molar-refractivity contribution in [3.8, 4) is 11.5 Å². The molecule has 1 heterocycles. The molecule has 0 aromatic heterocycles. The standard InChI is InChI=1S/C13H16N2O3S/c1-2-4-19-5-3-15-13(16)9-6-11-12(7-10(9)14)18-8-17-11/h2,6-7H,1,3-5,8,14H2,(H,15,16). The first-order valence-electron chi connectivity index (χ1n) is 5.88. The molecule has 0 unspecified atom stereocenters. The van der Waals surface area contributed by atoms with Gasteiger partial charge in [-0.25, -0.2) is 0 Å². The molecular weight excluding hydrogens is 264 g/mol. The molecule has 1 aliphatic rings. The molecule has 102 valence electrons. The summed E-state index contributed by atoms with van der Waals surface area (Å²) in [5.41, 5.74) is 6.64. The minimum Gasteiger partial charge on any atom is -0.454 e. The van der Waals surface area contributed by atoms with Crippen molar-refractivity contribution in [1.29, 1.82) is 0 Å². The second-order valence-electron chi connectivity index (χ2n) is 3.91. The number of hydrogen-bond acceptors (Lipinski definition) is 5. The third kappa shape index (κ3) is 3.35. The molecule has 0 fully saturated rings. The van der Waals surface area contributed by atoms with Crippen LogP contribution in [0, 0.1) is 0 Å². The van der Waals surface area contributed by atoms with Crippen LogP contribution in [-0.2, 0) is 0 Å². The van der Waals surface area contributed by atoms with E-state index in [2.05, 4.69) is 11.9 Å². The van der Waals surface area contributed by atoms with Gasteiger partial charge in [0.1, 0.15) is 0 Å². The Morgan fingerprint density at radius 2 is 2.21 bits per heavy atom. The Balaban J connectivity index is 1.94. The number of thioether (sulfide) groups is 1. The fraction of sp³-hybridized carbons (Fsp3) is 0.308. The van der Waals surface area contributed by atoms with Crippen molar-refractivity contribution in [2.75, 3.05) is 30.6 Å². The lowest BCUT2D eigenvalue weighted by Crippen LogP contribution is -2.26. The van der Waals surface area contributed by atoms with Crippen LogP contribution in [-0.4, -0.2) is 30.8 Å². The van der Waals surface area contributed by atoms with Gasteiger partial charge >= 0.3 is 0 Å². The number of amides is 1. The quantitative estimate of drug-likeness (QED) is 0.471. The number of rotatable bonds is 6. The van der Waals surface area contributed by atoms with Crippen molar-refractivity contribution >= 4 is 23.4 Å². The fourth-order valence-electron chi connectivity index (χ4n) is 1.65. The second kappa shape index (κ2) is 6.38. The molecule has 1 aromatic carbocycles. The Morgan fingerprint density at radius 1 is 1.47 bits per heavy atom. The lowest BCUT2D eigenvalue weighted by molar-refractivity contribution is 0.0956. The topological polar surface area (TPSA) is 73.6 Å². The van der Waals surface area contributed by atoms with Crippen LogP contribution in [0.3, 0.4) is 0 Å². The summed E-state index contributed by atoms with van der Waals surface area (Å²) in [6.45, 7) is 4.39. The molecule has 1 aromatic rings. The molecule has 0 saturated heterocycles. The van der Waals surface area contributed by atoms with Gasteiger partial charge < -0.3 is 20.5 Å². The predicted molar refractivity (Wildman–Crippen MR) is 76.8 cm³/mol. The molecule has 2 rings (SSSR count). The minimum atomic E-state index is -0.199. The summed E-state index contributed by atoms with van der Waals surface area (Å²) in [6.07, 6.45) is 1.84. The monoisotopic (exact) mass is 280 g/mol. The average molecular weight is 280 g/mol. The average Bonchev–Trinajstić information content (AvgIpc) is 2.84. The number of nitrogens with one attached hydrogen (secondary N) is 1. The zero-order chi connectivity index (χ0) is 13.7. The summed E-state index contributed by atoms with van der Waals surface area (Å²) in [5.74, 6) is 2.65. The zero-order valence-electron chi connectivity index (χ0n) is 10.5. The first-order valence-corrected chi connectivity index (χ1v) is 7.04. The first-order chi connectivity index (χ1) is 9.22. The summed E-state index contributed by atoms with van der Waals surface area (Å²) in [7, 11) is 0. The SMILES string of the molecule is C=CCSCCNC(=O)c1cc2c(cc1N)OCO2. The van der Waals surface area contributed by atoms with E-state index in [0.717, 1.165) is 11.5 Å². The molecule has 1 amide bonds. The number of hydrogen-bond donors (Lipinski definition) is 2. The van der Waals surface area contributed by atoms with Gasteiger partial charge in [-0.3, -0.25) is 4.79 Å². The molecule has 6 heteroatoms. The number of nitrogens with two attached hydrogens (primary N) is 1. The van der Waals surface area contributed by atoms with E-state index in [9.17, 15) is 4.79 Å². The maximum Gasteiger partial charge on any atom is 0.253 e. The Morgan fingerprint density at radius 3 is 2.95 bits per heavy atom. The number of carbonyl (C=O) groups excluding carboxylic acids is 1. The molecule has 0 radical (unpaired) electrons. The van der Waals surface area contributed by atoms with Gasteiger partial charge in [0, 0.05) is 29.8 Å². The highest BCUT2D eigenvalue weighted by Gasteiger charge is 2.19. The van der Waals surface area contributed by atoms with Crippen molar-refractivity contribution in [3.05, 3.63) is 30.4 Å². The maximum absolute atomic E-state index is 12.0. The van der Waals surface area contributed by atoms with Gasteiger partial charge in [0.25, 0.3) is 5.91 Å². The normalized spacial score (nSPS) is 12.2. The van der Waals surface area contributed by atoms with E-state index in [1.54, 1.807) is 23.9 Å². The van der Waals surface area contributed by atoms with Crippen molar-refractivity contribution in [2.45, 2.75) is 0 Å². The lowest BCUT2D eigenvalue weighted by atomic mass is 10.1. The molecule has 5 nitrogen and oxygen atoms in total. The van der Waals surface area contributed by atoms with Crippen LogP contribution in [0.15, 0.2) is 24.8 Å². The first kappa shape index (κ1) is 13.6. The number of anilines is 1. The smallest absolute Gasteiger partial charge is 0.253 e. The summed E-state index contributed by atoms with van der Waals surface area (Å²) in [5, 5.41) is 2.82. The molecule has 1 aliphatic heterocycles. The van der Waals surface area contributed by atoms with Gasteiger partial charge in [0.15, 0.2) is 11.5 Å². The van der Waals surface area contributed by atoms with Crippen molar-refractivity contribution in [3.63, 3.8) is 0 Å². The van der Waals surface area contributed by atoms with Gasteiger partial charge in [0.2, 0.25) is 6.79 Å². The van der Waals surface area contributed by atoms with Crippen molar-refractivity contribution in [1.82, 2.24) is 5.32 Å². The maximum atomic E-state index is 12.0. The van der Waals surface area contributed by atoms with E-state index in [-0.39, 0.29) is 12.7 Å². The molecule has 19 heavy (non-hydrogen) atoms. The van der Waals surface area contributed by atoms with Gasteiger partial charge in [0.05, 0.1) is 5.56 Å². The van der Waals surface area contributed by atoms with E-state index in [1.165, 1.54) is 0 Å². The molecule has 0 spiro atoms. The van der Waals surface area contributed by atoms with Gasteiger partial charge in [-0.1, -0.05) is 6.08 Å². The largest absolute Gasteiger partial charge is 0.454 e. The summed E-state index contributed by atoms with van der Waals surface area (Å²) < 4.78 is 10.4. The van der Waals surface area contributed by atoms with Gasteiger partial charge in [-0.05, 0) is 6.07 Å². The number of benzene rings is 1. The number of carbonyl (C=O) groups is 1. The van der Waals surface area contributed by atoms with E-state index in [1.807, 2.05) is 6.08 Å². The molecule has 0 atom stereocenters. The third-order valence-electron chi connectivity index (χ3n) is 2.56. The summed E-state index contributed by atoms with van der Waals surface area (Å²) in [4.78, 5) is 12.0. The molecule has 0 aliphatic carbocycles. The number of nitrogen functional groups attached to an aromatic ring is 1. The highest BCUT2D eigenvalue weighted by atomic mass is 32.2. The number of fused-ring (bicyclic) bond motifs is 1. The minimum absolute atomic E-state index is 0.165. The molecular formula is C13H16N2O3S. The molecule has 3 N–H and O–H groups in total. The van der Waals surface area contributed by atoms with Gasteiger partial charge in [-0.15, -0.1) is 6.58 Å². The Kier molecular flexibility index (Phi) is 4.57. The molecule has 0 bridgehead atoms. The Bertz CT molecular complexity index is 491. The van der Waals surface area contributed by atoms with Crippen LogP contribution in [0.25, 0.3) is 0 Å². The van der Waals surface area contributed by atoms with Crippen LogP contribution in [0.4, 0.5) is 5.69 Å². The van der Waals surface area contributed by atoms with Gasteiger partial charge in [-0.2, -0.15) is 11.8 Å². The predicted octanol–water partition coefficient (Wildman–Crippen LogP) is 1.65. The lowest BCUT2D eigenvalue weighted by Gasteiger charge is -2.08. The summed E-state index contributed by atoms with van der Waals surface area (Å²) >= 11 is 1.71. The second-order valence-corrected chi connectivity index (χ2v) is 5.06. The van der Waals surface area contributed by atoms with Crippen molar-refractivity contribution < 1.29 is 14.3 Å². The summed E-state index contributed by atoms with van der Waals surface area (Å²) in [6, 6.07) is 3.23. The highest BCUT2D eigenvalue weighted by Crippen LogP contribution is 2.35. The highest BCUT2D eigenvalue weighted by molar-refractivity contribution is 7.99. The van der Waals surface area contributed by atoms with Crippen LogP contribution < -0.4 is 20.5 Å². The van der Waals surface area contributed by atoms with Crippen LogP contribution >= 0.6 is 11.8 Å². The van der Waals surface area contributed by atoms with E-state index < -0.39 is 0 Å². The van der Waals surface area contributed by atoms with Crippen LogP contribution in [0.5, 0.6) is 11.5 Å². The van der Waals surface area contributed by atoms with E-state index >= 15 is 0 Å².